The van der Waals surface area contributed by atoms with Crippen LogP contribution in [0.25, 0.3) is 11.0 Å². The molecule has 174 valence electrons. The van der Waals surface area contributed by atoms with Crippen LogP contribution in [0.2, 0.25) is 0 Å². The molecule has 1 atom stereocenters. The van der Waals surface area contributed by atoms with Gasteiger partial charge in [0.25, 0.3) is 5.91 Å². The Balaban J connectivity index is 1.66. The maximum atomic E-state index is 14.0. The molecular formula is C26H25FN4O2S. The number of halogens is 1. The first-order valence-electron chi connectivity index (χ1n) is 10.9. The van der Waals surface area contributed by atoms with Crippen LogP contribution in [0.4, 0.5) is 10.1 Å². The van der Waals surface area contributed by atoms with Crippen molar-refractivity contribution in [3.05, 3.63) is 96.1 Å². The van der Waals surface area contributed by atoms with Crippen molar-refractivity contribution < 1.29 is 14.0 Å². The van der Waals surface area contributed by atoms with E-state index in [1.807, 2.05) is 48.7 Å². The molecule has 4 rings (SSSR count). The Bertz CT molecular complexity index is 1290. The molecule has 0 aliphatic heterocycles. The molecule has 3 aromatic carbocycles. The van der Waals surface area contributed by atoms with Crippen LogP contribution in [0, 0.1) is 5.82 Å². The van der Waals surface area contributed by atoms with Gasteiger partial charge in [-0.15, -0.1) is 0 Å². The van der Waals surface area contributed by atoms with Crippen molar-refractivity contribution in [2.45, 2.75) is 19.0 Å². The minimum absolute atomic E-state index is 0.0683. The molecule has 4 aromatic rings. The van der Waals surface area contributed by atoms with E-state index < -0.39 is 11.9 Å². The first-order chi connectivity index (χ1) is 16.6. The number of carbonyl (C=O) groups excluding carboxylic acids is 2. The molecule has 0 saturated heterocycles. The topological polar surface area (TPSA) is 76.0 Å². The number of imidazole rings is 1. The number of nitrogens with zero attached hydrogens (tertiary/aromatic N) is 2. The SMILES string of the molecule is CSCC[C@@H](NC(=O)c1ccccc1)c1nc2ccccc2n1CC(=O)Nc1ccccc1F. The van der Waals surface area contributed by atoms with Gasteiger partial charge in [-0.2, -0.15) is 11.8 Å². The van der Waals surface area contributed by atoms with E-state index in [0.29, 0.717) is 17.8 Å². The van der Waals surface area contributed by atoms with Gasteiger partial charge in [-0.25, -0.2) is 9.37 Å². The molecule has 0 unspecified atom stereocenters. The molecule has 2 amide bonds. The second-order valence-electron chi connectivity index (χ2n) is 7.75. The first-order valence-corrected chi connectivity index (χ1v) is 12.3. The lowest BCUT2D eigenvalue weighted by Gasteiger charge is -2.20. The van der Waals surface area contributed by atoms with Crippen LogP contribution in [0.15, 0.2) is 78.9 Å². The van der Waals surface area contributed by atoms with Gasteiger partial charge in [0, 0.05) is 5.56 Å². The second-order valence-corrected chi connectivity index (χ2v) is 8.73. The molecule has 8 heteroatoms. The quantitative estimate of drug-likeness (QED) is 0.355. The maximum absolute atomic E-state index is 14.0. The zero-order valence-corrected chi connectivity index (χ0v) is 19.5. The summed E-state index contributed by atoms with van der Waals surface area (Å²) in [6.45, 7) is -0.0683. The fourth-order valence-corrected chi connectivity index (χ4v) is 4.23. The number of benzene rings is 3. The van der Waals surface area contributed by atoms with E-state index in [9.17, 15) is 14.0 Å². The van der Waals surface area contributed by atoms with Crippen molar-refractivity contribution in [1.29, 1.82) is 0 Å². The zero-order chi connectivity index (χ0) is 23.9. The summed E-state index contributed by atoms with van der Waals surface area (Å²) >= 11 is 1.67. The summed E-state index contributed by atoms with van der Waals surface area (Å²) < 4.78 is 15.8. The molecule has 0 aliphatic carbocycles. The van der Waals surface area contributed by atoms with Crippen LogP contribution in [-0.2, 0) is 11.3 Å². The molecule has 0 radical (unpaired) electrons. The third-order valence-corrected chi connectivity index (χ3v) is 6.04. The number of nitrogens with one attached hydrogen (secondary N) is 2. The van der Waals surface area contributed by atoms with Crippen LogP contribution in [0.1, 0.15) is 28.6 Å². The maximum Gasteiger partial charge on any atom is 0.251 e. The highest BCUT2D eigenvalue weighted by Gasteiger charge is 2.24. The number of anilines is 1. The molecule has 0 bridgehead atoms. The highest BCUT2D eigenvalue weighted by atomic mass is 32.2. The molecule has 0 spiro atoms. The Kier molecular flexibility index (Phi) is 7.59. The fraction of sp³-hybridized carbons (Fsp3) is 0.192. The van der Waals surface area contributed by atoms with Gasteiger partial charge < -0.3 is 15.2 Å². The van der Waals surface area contributed by atoms with Gasteiger partial charge in [-0.1, -0.05) is 42.5 Å². The van der Waals surface area contributed by atoms with Crippen LogP contribution in [-0.4, -0.2) is 33.4 Å². The molecular weight excluding hydrogens is 451 g/mol. The van der Waals surface area contributed by atoms with E-state index >= 15 is 0 Å². The summed E-state index contributed by atoms with van der Waals surface area (Å²) in [6, 6.07) is 22.1. The van der Waals surface area contributed by atoms with Crippen LogP contribution >= 0.6 is 11.8 Å². The summed E-state index contributed by atoms with van der Waals surface area (Å²) in [7, 11) is 0. The summed E-state index contributed by atoms with van der Waals surface area (Å²) in [5.74, 6) is 0.293. The monoisotopic (exact) mass is 476 g/mol. The first kappa shape index (κ1) is 23.5. The Morgan fingerprint density at radius 1 is 1.00 bits per heavy atom. The summed E-state index contributed by atoms with van der Waals surface area (Å²) in [5.41, 5.74) is 2.16. The predicted octanol–water partition coefficient (Wildman–Crippen LogP) is 5.04. The lowest BCUT2D eigenvalue weighted by Crippen LogP contribution is -2.32. The summed E-state index contributed by atoms with van der Waals surface area (Å²) in [5, 5.41) is 5.73. The number of hydrogen-bond acceptors (Lipinski definition) is 4. The largest absolute Gasteiger partial charge is 0.342 e. The third-order valence-electron chi connectivity index (χ3n) is 5.40. The number of para-hydroxylation sites is 3. The molecule has 1 aromatic heterocycles. The molecule has 1 heterocycles. The molecule has 6 nitrogen and oxygen atoms in total. The smallest absolute Gasteiger partial charge is 0.251 e. The average molecular weight is 477 g/mol. The Hall–Kier alpha value is -3.65. The van der Waals surface area contributed by atoms with Crippen molar-refractivity contribution in [2.75, 3.05) is 17.3 Å². The molecule has 2 N–H and O–H groups in total. The van der Waals surface area contributed by atoms with Crippen molar-refractivity contribution in [3.8, 4) is 0 Å². The van der Waals surface area contributed by atoms with Gasteiger partial charge in [0.2, 0.25) is 5.91 Å². The summed E-state index contributed by atoms with van der Waals surface area (Å²) in [4.78, 5) is 30.6. The van der Waals surface area contributed by atoms with Gasteiger partial charge in [-0.05, 0) is 54.8 Å². The van der Waals surface area contributed by atoms with Gasteiger partial charge >= 0.3 is 0 Å². The minimum Gasteiger partial charge on any atom is -0.342 e. The van der Waals surface area contributed by atoms with E-state index in [2.05, 4.69) is 10.6 Å². The van der Waals surface area contributed by atoms with Gasteiger partial charge in [0.05, 0.1) is 22.8 Å². The number of amides is 2. The van der Waals surface area contributed by atoms with Crippen LogP contribution in [0.5, 0.6) is 0 Å². The van der Waals surface area contributed by atoms with Gasteiger partial charge in [-0.3, -0.25) is 9.59 Å². The predicted molar refractivity (Wildman–Crippen MR) is 134 cm³/mol. The van der Waals surface area contributed by atoms with E-state index in [1.165, 1.54) is 12.1 Å². The number of rotatable bonds is 9. The van der Waals surface area contributed by atoms with E-state index in [4.69, 9.17) is 4.98 Å². The third kappa shape index (κ3) is 5.46. The van der Waals surface area contributed by atoms with E-state index in [0.717, 1.165) is 16.8 Å². The molecule has 0 fully saturated rings. The Morgan fingerprint density at radius 2 is 1.71 bits per heavy atom. The van der Waals surface area contributed by atoms with Crippen molar-refractivity contribution in [3.63, 3.8) is 0 Å². The number of fused-ring (bicyclic) bond motifs is 1. The zero-order valence-electron chi connectivity index (χ0n) is 18.7. The lowest BCUT2D eigenvalue weighted by molar-refractivity contribution is -0.116. The van der Waals surface area contributed by atoms with E-state index in [1.54, 1.807) is 40.6 Å². The highest BCUT2D eigenvalue weighted by Crippen LogP contribution is 2.25. The van der Waals surface area contributed by atoms with Gasteiger partial charge in [0.15, 0.2) is 0 Å². The molecule has 0 saturated carbocycles. The molecule has 34 heavy (non-hydrogen) atoms. The fourth-order valence-electron chi connectivity index (χ4n) is 3.75. The van der Waals surface area contributed by atoms with Crippen LogP contribution in [0.3, 0.4) is 0 Å². The highest BCUT2D eigenvalue weighted by molar-refractivity contribution is 7.98. The van der Waals surface area contributed by atoms with Crippen molar-refractivity contribution >= 4 is 40.3 Å². The lowest BCUT2D eigenvalue weighted by atomic mass is 10.1. The number of hydrogen-bond donors (Lipinski definition) is 2. The number of carbonyl (C=O) groups is 2. The van der Waals surface area contributed by atoms with Crippen LogP contribution < -0.4 is 10.6 Å². The number of thioether (sulfide) groups is 1. The second kappa shape index (κ2) is 11.0. The number of aromatic nitrogens is 2. The molecule has 0 aliphatic rings. The standard InChI is InChI=1S/C26H25FN4O2S/c1-34-16-15-22(30-26(33)18-9-3-2-4-10-18)25-29-21-13-7-8-14-23(21)31(25)17-24(32)28-20-12-6-5-11-19(20)27/h2-14,22H,15-17H2,1H3,(H,28,32)(H,30,33)/t22-/m1/s1. The summed E-state index contributed by atoms with van der Waals surface area (Å²) in [6.07, 6.45) is 2.64. The van der Waals surface area contributed by atoms with Crippen molar-refractivity contribution in [1.82, 2.24) is 14.9 Å². The minimum atomic E-state index is -0.500. The Labute approximate surface area is 201 Å². The van der Waals surface area contributed by atoms with Gasteiger partial charge in [0.1, 0.15) is 18.2 Å². The van der Waals surface area contributed by atoms with Crippen molar-refractivity contribution in [2.24, 2.45) is 0 Å². The van der Waals surface area contributed by atoms with E-state index in [-0.39, 0.29) is 24.0 Å². The average Bonchev–Trinajstić information content (AvgIpc) is 3.21. The Morgan fingerprint density at radius 3 is 2.47 bits per heavy atom. The normalized spacial score (nSPS) is 11.8.